The highest BCUT2D eigenvalue weighted by Crippen LogP contribution is 2.28. The molecular weight excluding hydrogens is 198 g/mol. The van der Waals surface area contributed by atoms with E-state index in [2.05, 4.69) is 9.64 Å². The molecule has 0 radical (unpaired) electrons. The number of morpholine rings is 1. The molecule has 2 rings (SSSR count). The second kappa shape index (κ2) is 3.90. The highest BCUT2D eigenvalue weighted by Gasteiger charge is 2.47. The number of Topliss-reactive ketones (excluding diaryl/α,β-unsaturated/α-hetero) is 1. The fourth-order valence-electron chi connectivity index (χ4n) is 2.35. The molecule has 0 aliphatic carbocycles. The quantitative estimate of drug-likeness (QED) is 0.432. The van der Waals surface area contributed by atoms with Crippen molar-refractivity contribution in [2.75, 3.05) is 27.4 Å². The van der Waals surface area contributed by atoms with Crippen molar-refractivity contribution in [3.05, 3.63) is 0 Å². The summed E-state index contributed by atoms with van der Waals surface area (Å²) in [6.45, 7) is 1.01. The van der Waals surface area contributed by atoms with Gasteiger partial charge < -0.3 is 9.47 Å². The van der Waals surface area contributed by atoms with Crippen molar-refractivity contribution in [2.24, 2.45) is 5.92 Å². The highest BCUT2D eigenvalue weighted by molar-refractivity contribution is 6.00. The monoisotopic (exact) mass is 213 g/mol. The molecule has 5 nitrogen and oxygen atoms in total. The maximum absolute atomic E-state index is 11.8. The maximum atomic E-state index is 11.8. The van der Waals surface area contributed by atoms with Gasteiger partial charge in [-0.3, -0.25) is 14.5 Å². The second-order valence-corrected chi connectivity index (χ2v) is 4.10. The number of hydrogen-bond donors (Lipinski definition) is 0. The largest absolute Gasteiger partial charge is 0.468 e. The predicted molar refractivity (Wildman–Crippen MR) is 51.3 cm³/mol. The van der Waals surface area contributed by atoms with Gasteiger partial charge in [0.05, 0.1) is 26.4 Å². The molecule has 5 heteroatoms. The molecule has 2 heterocycles. The van der Waals surface area contributed by atoms with E-state index >= 15 is 0 Å². The zero-order valence-corrected chi connectivity index (χ0v) is 8.93. The number of carbonyl (C=O) groups is 2. The summed E-state index contributed by atoms with van der Waals surface area (Å²) in [6, 6.07) is -0.0328. The normalized spacial score (nSPS) is 36.4. The van der Waals surface area contributed by atoms with Crippen molar-refractivity contribution in [3.8, 4) is 0 Å². The van der Waals surface area contributed by atoms with Gasteiger partial charge in [0.25, 0.3) is 0 Å². The Labute approximate surface area is 88.3 Å². The van der Waals surface area contributed by atoms with Gasteiger partial charge >= 0.3 is 5.97 Å². The summed E-state index contributed by atoms with van der Waals surface area (Å²) in [4.78, 5) is 25.3. The molecule has 0 aromatic carbocycles. The molecule has 0 aromatic heterocycles. The number of fused-ring (bicyclic) bond motifs is 2. The van der Waals surface area contributed by atoms with Crippen molar-refractivity contribution in [3.63, 3.8) is 0 Å². The summed E-state index contributed by atoms with van der Waals surface area (Å²) in [5, 5.41) is 0. The van der Waals surface area contributed by atoms with E-state index < -0.39 is 11.9 Å². The van der Waals surface area contributed by atoms with E-state index in [-0.39, 0.29) is 17.9 Å². The number of carbonyl (C=O) groups excluding carboxylic acids is 2. The van der Waals surface area contributed by atoms with Gasteiger partial charge in [-0.2, -0.15) is 0 Å². The topological polar surface area (TPSA) is 55.8 Å². The Morgan fingerprint density at radius 2 is 2.27 bits per heavy atom. The van der Waals surface area contributed by atoms with Crippen LogP contribution in [-0.4, -0.2) is 56.1 Å². The first kappa shape index (κ1) is 10.6. The van der Waals surface area contributed by atoms with Crippen LogP contribution in [0.3, 0.4) is 0 Å². The molecule has 3 atom stereocenters. The minimum Gasteiger partial charge on any atom is -0.468 e. The van der Waals surface area contributed by atoms with Crippen LogP contribution in [0.4, 0.5) is 0 Å². The molecule has 0 spiro atoms. The van der Waals surface area contributed by atoms with Gasteiger partial charge in [0.1, 0.15) is 11.7 Å². The molecule has 2 bridgehead atoms. The molecule has 2 fully saturated rings. The van der Waals surface area contributed by atoms with Crippen molar-refractivity contribution in [2.45, 2.75) is 18.5 Å². The molecule has 0 N–H and O–H groups in total. The Hall–Kier alpha value is -0.940. The number of rotatable bonds is 1. The zero-order chi connectivity index (χ0) is 11.0. The van der Waals surface area contributed by atoms with Crippen LogP contribution in [0.25, 0.3) is 0 Å². The maximum Gasteiger partial charge on any atom is 0.317 e. The van der Waals surface area contributed by atoms with Gasteiger partial charge in [0.2, 0.25) is 0 Å². The molecule has 2 aliphatic heterocycles. The minimum absolute atomic E-state index is 0.0155. The fourth-order valence-corrected chi connectivity index (χ4v) is 2.35. The summed E-state index contributed by atoms with van der Waals surface area (Å²) in [7, 11) is 3.24. The van der Waals surface area contributed by atoms with E-state index in [9.17, 15) is 9.59 Å². The zero-order valence-electron chi connectivity index (χ0n) is 8.93. The summed E-state index contributed by atoms with van der Waals surface area (Å²) in [6.07, 6.45) is 0.382. The van der Waals surface area contributed by atoms with Crippen LogP contribution in [0, 0.1) is 5.92 Å². The lowest BCUT2D eigenvalue weighted by Crippen LogP contribution is -2.61. The van der Waals surface area contributed by atoms with Crippen LogP contribution in [0.1, 0.15) is 6.42 Å². The van der Waals surface area contributed by atoms with E-state index in [0.29, 0.717) is 19.6 Å². The van der Waals surface area contributed by atoms with E-state index in [4.69, 9.17) is 4.74 Å². The molecule has 0 aromatic rings. The molecule has 15 heavy (non-hydrogen) atoms. The van der Waals surface area contributed by atoms with Gasteiger partial charge in [-0.1, -0.05) is 0 Å². The van der Waals surface area contributed by atoms with E-state index in [1.807, 2.05) is 7.05 Å². The lowest BCUT2D eigenvalue weighted by molar-refractivity contribution is -0.164. The van der Waals surface area contributed by atoms with Crippen LogP contribution >= 0.6 is 0 Å². The Balaban J connectivity index is 2.22. The SMILES string of the molecule is COC(=O)C1C(=O)CC2COC[C@H]1N2C. The summed E-state index contributed by atoms with van der Waals surface area (Å²) in [5.74, 6) is -1.13. The number of methoxy groups -OCH3 is 1. The summed E-state index contributed by atoms with van der Waals surface area (Å²) < 4.78 is 10.0. The number of esters is 1. The van der Waals surface area contributed by atoms with Crippen LogP contribution in [0.5, 0.6) is 0 Å². The van der Waals surface area contributed by atoms with Gasteiger partial charge in [-0.25, -0.2) is 0 Å². The average molecular weight is 213 g/mol. The molecular formula is C10H15NO4. The van der Waals surface area contributed by atoms with Crippen molar-refractivity contribution >= 4 is 11.8 Å². The average Bonchev–Trinajstić information content (AvgIpc) is 2.20. The third-order valence-corrected chi connectivity index (χ3v) is 3.32. The molecule has 0 saturated carbocycles. The molecule has 2 unspecified atom stereocenters. The van der Waals surface area contributed by atoms with E-state index in [1.165, 1.54) is 7.11 Å². The second-order valence-electron chi connectivity index (χ2n) is 4.10. The van der Waals surface area contributed by atoms with Gasteiger partial charge in [0.15, 0.2) is 0 Å². The number of nitrogens with zero attached hydrogens (tertiary/aromatic N) is 1. The number of hydrogen-bond acceptors (Lipinski definition) is 5. The predicted octanol–water partition coefficient (Wildman–Crippen LogP) is -0.552. The van der Waals surface area contributed by atoms with E-state index in [1.54, 1.807) is 0 Å². The molecule has 2 saturated heterocycles. The van der Waals surface area contributed by atoms with Crippen LogP contribution in [0.2, 0.25) is 0 Å². The van der Waals surface area contributed by atoms with Gasteiger partial charge in [-0.05, 0) is 7.05 Å². The van der Waals surface area contributed by atoms with Crippen molar-refractivity contribution in [1.29, 1.82) is 0 Å². The molecule has 84 valence electrons. The number of piperidine rings is 1. The number of ketones is 1. The first-order valence-electron chi connectivity index (χ1n) is 5.05. The van der Waals surface area contributed by atoms with Crippen molar-refractivity contribution < 1.29 is 19.1 Å². The van der Waals surface area contributed by atoms with Crippen molar-refractivity contribution in [1.82, 2.24) is 4.90 Å². The molecule has 0 amide bonds. The number of ether oxygens (including phenoxy) is 2. The Morgan fingerprint density at radius 1 is 1.53 bits per heavy atom. The summed E-state index contributed by atoms with van der Waals surface area (Å²) in [5.41, 5.74) is 0. The Morgan fingerprint density at radius 3 is 2.93 bits per heavy atom. The third-order valence-electron chi connectivity index (χ3n) is 3.32. The summed E-state index contributed by atoms with van der Waals surface area (Å²) >= 11 is 0. The first-order chi connectivity index (χ1) is 7.15. The Bertz CT molecular complexity index is 291. The minimum atomic E-state index is -0.670. The standard InChI is InChI=1S/C10H15NO4/c1-11-6-3-8(12)9(10(13)14-2)7(11)5-15-4-6/h6-7,9H,3-5H2,1-2H3/t6?,7-,9?/m1/s1. The van der Waals surface area contributed by atoms with Gasteiger partial charge in [0, 0.05) is 12.5 Å². The van der Waals surface area contributed by atoms with Gasteiger partial charge in [-0.15, -0.1) is 0 Å². The Kier molecular flexibility index (Phi) is 2.75. The first-order valence-corrected chi connectivity index (χ1v) is 5.05. The molecule has 2 aliphatic rings. The van der Waals surface area contributed by atoms with E-state index in [0.717, 1.165) is 0 Å². The van der Waals surface area contributed by atoms with Crippen LogP contribution in [-0.2, 0) is 19.1 Å². The van der Waals surface area contributed by atoms with Crippen LogP contribution in [0.15, 0.2) is 0 Å². The lowest BCUT2D eigenvalue weighted by Gasteiger charge is -2.45. The smallest absolute Gasteiger partial charge is 0.317 e. The van der Waals surface area contributed by atoms with Crippen LogP contribution < -0.4 is 0 Å². The number of likely N-dealkylation sites (N-methyl/N-ethyl adjacent to an activating group) is 1. The fraction of sp³-hybridized carbons (Fsp3) is 0.800. The lowest BCUT2D eigenvalue weighted by atomic mass is 9.84. The highest BCUT2D eigenvalue weighted by atomic mass is 16.5. The third kappa shape index (κ3) is 1.66.